The number of aryl methyl sites for hydroxylation is 1. The van der Waals surface area contributed by atoms with E-state index in [-0.39, 0.29) is 5.78 Å². The first-order chi connectivity index (χ1) is 8.06. The van der Waals surface area contributed by atoms with Crippen molar-refractivity contribution >= 4 is 33.3 Å². The first kappa shape index (κ1) is 12.3. The van der Waals surface area contributed by atoms with Gasteiger partial charge in [-0.3, -0.25) is 9.48 Å². The Morgan fingerprint density at radius 2 is 2.29 bits per heavy atom. The summed E-state index contributed by atoms with van der Waals surface area (Å²) >= 11 is 9.33. The van der Waals surface area contributed by atoms with Crippen LogP contribution in [0.3, 0.4) is 0 Å². The lowest BCUT2D eigenvalue weighted by Crippen LogP contribution is -2.03. The van der Waals surface area contributed by atoms with Gasteiger partial charge in [-0.1, -0.05) is 27.5 Å². The van der Waals surface area contributed by atoms with Gasteiger partial charge in [-0.2, -0.15) is 5.10 Å². The van der Waals surface area contributed by atoms with Gasteiger partial charge in [0.25, 0.3) is 0 Å². The summed E-state index contributed by atoms with van der Waals surface area (Å²) in [7, 11) is 1.82. The Labute approximate surface area is 113 Å². The number of Topliss-reactive ketones (excluding diaryl/α,β-unsaturated/α-hetero) is 1. The molecule has 1 heterocycles. The van der Waals surface area contributed by atoms with Crippen LogP contribution in [0.2, 0.25) is 5.02 Å². The van der Waals surface area contributed by atoms with Gasteiger partial charge in [-0.15, -0.1) is 0 Å². The van der Waals surface area contributed by atoms with E-state index in [1.54, 1.807) is 23.0 Å². The van der Waals surface area contributed by atoms with Crippen molar-refractivity contribution in [1.82, 2.24) is 9.78 Å². The Balaban J connectivity index is 2.22. The lowest BCUT2D eigenvalue weighted by atomic mass is 10.1. The van der Waals surface area contributed by atoms with Gasteiger partial charge < -0.3 is 0 Å². The Morgan fingerprint density at radius 1 is 1.53 bits per heavy atom. The van der Waals surface area contributed by atoms with Crippen molar-refractivity contribution in [1.29, 1.82) is 0 Å². The third kappa shape index (κ3) is 2.96. The largest absolute Gasteiger partial charge is 0.294 e. The van der Waals surface area contributed by atoms with Crippen molar-refractivity contribution in [2.75, 3.05) is 0 Å². The highest BCUT2D eigenvalue weighted by Crippen LogP contribution is 2.22. The summed E-state index contributed by atoms with van der Waals surface area (Å²) in [6.07, 6.45) is 3.82. The molecule has 0 amide bonds. The number of nitrogens with zero attached hydrogens (tertiary/aromatic N) is 2. The smallest absolute Gasteiger partial charge is 0.168 e. The number of ketones is 1. The fourth-order valence-corrected chi connectivity index (χ4v) is 2.14. The van der Waals surface area contributed by atoms with E-state index < -0.39 is 0 Å². The van der Waals surface area contributed by atoms with Crippen molar-refractivity contribution < 1.29 is 4.79 Å². The quantitative estimate of drug-likeness (QED) is 0.815. The molecule has 5 heteroatoms. The molecule has 1 aromatic carbocycles. The molecule has 2 rings (SSSR count). The summed E-state index contributed by atoms with van der Waals surface area (Å²) in [6.45, 7) is 0. The normalized spacial score (nSPS) is 10.5. The molecule has 88 valence electrons. The molecule has 2 aromatic rings. The molecule has 0 aliphatic carbocycles. The zero-order chi connectivity index (χ0) is 12.4. The van der Waals surface area contributed by atoms with Gasteiger partial charge >= 0.3 is 0 Å². The maximum atomic E-state index is 12.1. The molecule has 0 bridgehead atoms. The minimum atomic E-state index is -0.00991. The minimum absolute atomic E-state index is 0.00991. The first-order valence-corrected chi connectivity index (χ1v) is 6.19. The summed E-state index contributed by atoms with van der Waals surface area (Å²) in [6, 6.07) is 5.26. The van der Waals surface area contributed by atoms with E-state index >= 15 is 0 Å². The van der Waals surface area contributed by atoms with Crippen molar-refractivity contribution in [3.8, 4) is 0 Å². The van der Waals surface area contributed by atoms with E-state index in [9.17, 15) is 4.79 Å². The van der Waals surface area contributed by atoms with E-state index in [1.165, 1.54) is 0 Å². The van der Waals surface area contributed by atoms with Crippen LogP contribution >= 0.6 is 27.5 Å². The van der Waals surface area contributed by atoms with Crippen molar-refractivity contribution in [3.63, 3.8) is 0 Å². The lowest BCUT2D eigenvalue weighted by Gasteiger charge is -2.03. The number of aromatic nitrogens is 2. The third-order valence-electron chi connectivity index (χ3n) is 2.35. The highest BCUT2D eigenvalue weighted by molar-refractivity contribution is 9.10. The number of rotatable bonds is 3. The number of carbonyl (C=O) groups excluding carboxylic acids is 1. The van der Waals surface area contributed by atoms with Crippen LogP contribution in [-0.2, 0) is 13.5 Å². The zero-order valence-electron chi connectivity index (χ0n) is 9.15. The maximum Gasteiger partial charge on any atom is 0.168 e. The highest BCUT2D eigenvalue weighted by atomic mass is 79.9. The second kappa shape index (κ2) is 5.02. The van der Waals surface area contributed by atoms with Gasteiger partial charge in [0.1, 0.15) is 0 Å². The van der Waals surface area contributed by atoms with Gasteiger partial charge in [0.05, 0.1) is 11.2 Å². The number of halogens is 2. The Hall–Kier alpha value is -1.13. The summed E-state index contributed by atoms with van der Waals surface area (Å²) in [4.78, 5) is 12.1. The van der Waals surface area contributed by atoms with Gasteiger partial charge in [0, 0.05) is 29.7 Å². The maximum absolute atomic E-state index is 12.1. The zero-order valence-corrected chi connectivity index (χ0v) is 11.5. The Kier molecular flexibility index (Phi) is 3.64. The van der Waals surface area contributed by atoms with Crippen LogP contribution in [0.1, 0.15) is 15.9 Å². The van der Waals surface area contributed by atoms with Crippen LogP contribution in [0.4, 0.5) is 0 Å². The van der Waals surface area contributed by atoms with Gasteiger partial charge in [-0.25, -0.2) is 0 Å². The fourth-order valence-electron chi connectivity index (χ4n) is 1.55. The predicted molar refractivity (Wildman–Crippen MR) is 70.4 cm³/mol. The molecule has 0 fully saturated rings. The molecule has 0 unspecified atom stereocenters. The van der Waals surface area contributed by atoms with Crippen molar-refractivity contribution in [3.05, 3.63) is 51.2 Å². The first-order valence-electron chi connectivity index (χ1n) is 5.02. The number of carbonyl (C=O) groups is 1. The molecule has 0 radical (unpaired) electrons. The van der Waals surface area contributed by atoms with Crippen molar-refractivity contribution in [2.45, 2.75) is 6.42 Å². The van der Waals surface area contributed by atoms with Crippen LogP contribution < -0.4 is 0 Å². The molecule has 1 aromatic heterocycles. The minimum Gasteiger partial charge on any atom is -0.294 e. The number of hydrogen-bond donors (Lipinski definition) is 0. The lowest BCUT2D eigenvalue weighted by molar-refractivity contribution is 0.0993. The molecule has 0 saturated carbocycles. The molecular formula is C12H10BrClN2O. The van der Waals surface area contributed by atoms with E-state index in [4.69, 9.17) is 11.6 Å². The van der Waals surface area contributed by atoms with Crippen LogP contribution in [0.5, 0.6) is 0 Å². The van der Waals surface area contributed by atoms with E-state index in [1.807, 2.05) is 19.3 Å². The molecule has 0 spiro atoms. The number of hydrogen-bond acceptors (Lipinski definition) is 2. The summed E-state index contributed by atoms with van der Waals surface area (Å²) in [5.41, 5.74) is 1.42. The predicted octanol–water partition coefficient (Wildman–Crippen LogP) is 3.26. The van der Waals surface area contributed by atoms with Crippen LogP contribution in [0, 0.1) is 0 Å². The standard InChI is InChI=1S/C12H10BrClN2O/c1-16-7-8(6-15-16)4-12(17)10-5-9(13)2-3-11(10)14/h2-3,5-7H,4H2,1H3. The van der Waals surface area contributed by atoms with E-state index in [0.717, 1.165) is 10.0 Å². The van der Waals surface area contributed by atoms with Gasteiger partial charge in [-0.05, 0) is 23.8 Å². The monoisotopic (exact) mass is 312 g/mol. The average molecular weight is 314 g/mol. The average Bonchev–Trinajstić information content (AvgIpc) is 2.67. The van der Waals surface area contributed by atoms with Gasteiger partial charge in [0.2, 0.25) is 0 Å². The molecule has 0 aliphatic rings. The van der Waals surface area contributed by atoms with E-state index in [0.29, 0.717) is 17.0 Å². The van der Waals surface area contributed by atoms with Gasteiger partial charge in [0.15, 0.2) is 5.78 Å². The molecule has 0 atom stereocenters. The van der Waals surface area contributed by atoms with Crippen LogP contribution in [-0.4, -0.2) is 15.6 Å². The Morgan fingerprint density at radius 3 is 2.94 bits per heavy atom. The van der Waals surface area contributed by atoms with Crippen LogP contribution in [0.25, 0.3) is 0 Å². The molecule has 17 heavy (non-hydrogen) atoms. The van der Waals surface area contributed by atoms with Crippen molar-refractivity contribution in [2.24, 2.45) is 7.05 Å². The second-order valence-corrected chi connectivity index (χ2v) is 5.07. The summed E-state index contributed by atoms with van der Waals surface area (Å²) < 4.78 is 2.52. The molecule has 0 N–H and O–H groups in total. The molecule has 0 saturated heterocycles. The second-order valence-electron chi connectivity index (χ2n) is 3.75. The molecule has 3 nitrogen and oxygen atoms in total. The van der Waals surface area contributed by atoms with Crippen LogP contribution in [0.15, 0.2) is 35.1 Å². The molecule has 0 aliphatic heterocycles. The van der Waals surface area contributed by atoms with E-state index in [2.05, 4.69) is 21.0 Å². The topological polar surface area (TPSA) is 34.9 Å². The Bertz CT molecular complexity index is 565. The SMILES string of the molecule is Cn1cc(CC(=O)c2cc(Br)ccc2Cl)cn1. The summed E-state index contributed by atoms with van der Waals surface area (Å²) in [5, 5.41) is 4.50. The highest BCUT2D eigenvalue weighted by Gasteiger charge is 2.12. The third-order valence-corrected chi connectivity index (χ3v) is 3.17. The fraction of sp³-hybridized carbons (Fsp3) is 0.167. The molecular weight excluding hydrogens is 304 g/mol. The summed E-state index contributed by atoms with van der Waals surface area (Å²) in [5.74, 6) is -0.00991. The number of benzene rings is 1.